The molecule has 0 fully saturated rings. The van der Waals surface area contributed by atoms with Crippen LogP contribution in [-0.2, 0) is 18.4 Å². The summed E-state index contributed by atoms with van der Waals surface area (Å²) in [4.78, 5) is 14.5. The highest BCUT2D eigenvalue weighted by atomic mass is 127. The predicted molar refractivity (Wildman–Crippen MR) is 123 cm³/mol. The van der Waals surface area contributed by atoms with Gasteiger partial charge in [0.15, 0.2) is 5.96 Å². The SMILES string of the molecule is CCc1ccc(C(C)(C)CNC(=NC)NCCn2cc([N+](=O)[O-])cn2)cc1.I. The molecule has 0 unspecified atom stereocenters. The summed E-state index contributed by atoms with van der Waals surface area (Å²) >= 11 is 0. The molecular weight excluding hydrogens is 471 g/mol. The number of nitrogens with one attached hydrogen (secondary N) is 2. The van der Waals surface area contributed by atoms with E-state index in [0.717, 1.165) is 13.0 Å². The van der Waals surface area contributed by atoms with Gasteiger partial charge in [0, 0.05) is 25.6 Å². The molecule has 0 spiro atoms. The molecule has 0 aliphatic carbocycles. The van der Waals surface area contributed by atoms with Gasteiger partial charge in [-0.25, -0.2) is 0 Å². The zero-order chi connectivity index (χ0) is 19.9. The lowest BCUT2D eigenvalue weighted by atomic mass is 9.84. The van der Waals surface area contributed by atoms with Crippen LogP contribution in [-0.4, -0.2) is 40.8 Å². The summed E-state index contributed by atoms with van der Waals surface area (Å²) in [5.74, 6) is 0.690. The molecule has 1 heterocycles. The standard InChI is InChI=1S/C19H28N6O2.HI/c1-5-15-6-8-16(9-7-15)19(2,3)14-22-18(20-4)21-10-11-24-13-17(12-23-24)25(26)27;/h6-9,12-13H,5,10-11,14H2,1-4H3,(H2,20,21,22);1H. The van der Waals surface area contributed by atoms with Gasteiger partial charge in [-0.3, -0.25) is 19.8 Å². The van der Waals surface area contributed by atoms with Crippen LogP contribution in [0.3, 0.4) is 0 Å². The number of benzene rings is 1. The first-order chi connectivity index (χ1) is 12.9. The lowest BCUT2D eigenvalue weighted by molar-refractivity contribution is -0.385. The van der Waals surface area contributed by atoms with Crippen molar-refractivity contribution < 1.29 is 4.92 Å². The summed E-state index contributed by atoms with van der Waals surface area (Å²) in [5.41, 5.74) is 2.55. The Bertz CT molecular complexity index is 786. The summed E-state index contributed by atoms with van der Waals surface area (Å²) in [5, 5.41) is 21.2. The molecule has 28 heavy (non-hydrogen) atoms. The normalized spacial score (nSPS) is 11.6. The van der Waals surface area contributed by atoms with Gasteiger partial charge in [0.2, 0.25) is 0 Å². The molecule has 1 aromatic carbocycles. The maximum absolute atomic E-state index is 10.7. The monoisotopic (exact) mass is 500 g/mol. The van der Waals surface area contributed by atoms with Crippen molar-refractivity contribution >= 4 is 35.6 Å². The molecular formula is C19H29IN6O2. The van der Waals surface area contributed by atoms with E-state index < -0.39 is 4.92 Å². The van der Waals surface area contributed by atoms with Crippen molar-refractivity contribution in [3.05, 3.63) is 57.9 Å². The minimum Gasteiger partial charge on any atom is -0.356 e. The van der Waals surface area contributed by atoms with Crippen molar-refractivity contribution in [2.75, 3.05) is 20.1 Å². The Morgan fingerprint density at radius 2 is 1.96 bits per heavy atom. The van der Waals surface area contributed by atoms with Crippen molar-refractivity contribution in [1.82, 2.24) is 20.4 Å². The Morgan fingerprint density at radius 1 is 1.29 bits per heavy atom. The lowest BCUT2D eigenvalue weighted by Gasteiger charge is -2.27. The number of aryl methyl sites for hydroxylation is 1. The number of guanidine groups is 1. The third kappa shape index (κ3) is 6.77. The van der Waals surface area contributed by atoms with Crippen molar-refractivity contribution in [2.24, 2.45) is 4.99 Å². The topological polar surface area (TPSA) is 97.4 Å². The zero-order valence-electron chi connectivity index (χ0n) is 16.8. The average Bonchev–Trinajstić information content (AvgIpc) is 3.14. The molecule has 9 heteroatoms. The number of rotatable bonds is 8. The van der Waals surface area contributed by atoms with Crippen LogP contribution in [0.25, 0.3) is 0 Å². The first kappa shape index (κ1) is 23.9. The van der Waals surface area contributed by atoms with E-state index in [2.05, 4.69) is 65.8 Å². The molecule has 0 radical (unpaired) electrons. The maximum Gasteiger partial charge on any atom is 0.306 e. The van der Waals surface area contributed by atoms with Gasteiger partial charge in [-0.2, -0.15) is 5.10 Å². The van der Waals surface area contributed by atoms with Gasteiger partial charge >= 0.3 is 5.69 Å². The van der Waals surface area contributed by atoms with Gasteiger partial charge in [-0.05, 0) is 17.5 Å². The van der Waals surface area contributed by atoms with Gasteiger partial charge in [-0.15, -0.1) is 24.0 Å². The minimum atomic E-state index is -0.452. The van der Waals surface area contributed by atoms with E-state index in [1.54, 1.807) is 7.05 Å². The predicted octanol–water partition coefficient (Wildman–Crippen LogP) is 3.11. The van der Waals surface area contributed by atoms with E-state index >= 15 is 0 Å². The molecule has 2 rings (SSSR count). The van der Waals surface area contributed by atoms with Gasteiger partial charge in [-0.1, -0.05) is 45.0 Å². The second kappa shape index (κ2) is 11.0. The highest BCUT2D eigenvalue weighted by molar-refractivity contribution is 14.0. The minimum absolute atomic E-state index is 0. The number of halogens is 1. The Hall–Kier alpha value is -2.17. The van der Waals surface area contributed by atoms with Crippen molar-refractivity contribution in [2.45, 2.75) is 39.2 Å². The van der Waals surface area contributed by atoms with Crippen LogP contribution in [0.2, 0.25) is 0 Å². The third-order valence-corrected chi connectivity index (χ3v) is 4.53. The Labute approximate surface area is 183 Å². The second-order valence-corrected chi connectivity index (χ2v) is 7.01. The highest BCUT2D eigenvalue weighted by Crippen LogP contribution is 2.22. The van der Waals surface area contributed by atoms with Crippen LogP contribution in [0.4, 0.5) is 5.69 Å². The van der Waals surface area contributed by atoms with E-state index in [9.17, 15) is 10.1 Å². The lowest BCUT2D eigenvalue weighted by Crippen LogP contribution is -2.44. The number of aromatic nitrogens is 2. The molecule has 8 nitrogen and oxygen atoms in total. The average molecular weight is 500 g/mol. The van der Waals surface area contributed by atoms with Crippen LogP contribution in [0, 0.1) is 10.1 Å². The van der Waals surface area contributed by atoms with Crippen LogP contribution < -0.4 is 10.6 Å². The van der Waals surface area contributed by atoms with E-state index in [4.69, 9.17) is 0 Å². The number of hydrogen-bond donors (Lipinski definition) is 2. The summed E-state index contributed by atoms with van der Waals surface area (Å²) in [7, 11) is 1.72. The number of hydrogen-bond acceptors (Lipinski definition) is 4. The van der Waals surface area contributed by atoms with E-state index in [1.165, 1.54) is 28.2 Å². The summed E-state index contributed by atoms with van der Waals surface area (Å²) in [6.45, 7) is 8.33. The van der Waals surface area contributed by atoms with Gasteiger partial charge in [0.25, 0.3) is 0 Å². The molecule has 154 valence electrons. The molecule has 0 bridgehead atoms. The maximum atomic E-state index is 10.7. The Morgan fingerprint density at radius 3 is 2.50 bits per heavy atom. The Kier molecular flexibility index (Phi) is 9.36. The van der Waals surface area contributed by atoms with Gasteiger partial charge < -0.3 is 10.6 Å². The molecule has 0 saturated carbocycles. The first-order valence-corrected chi connectivity index (χ1v) is 9.06. The molecule has 2 N–H and O–H groups in total. The van der Waals surface area contributed by atoms with E-state index in [0.29, 0.717) is 19.0 Å². The van der Waals surface area contributed by atoms with Crippen molar-refractivity contribution in [1.29, 1.82) is 0 Å². The fourth-order valence-corrected chi connectivity index (χ4v) is 2.68. The van der Waals surface area contributed by atoms with Crippen molar-refractivity contribution in [3.8, 4) is 0 Å². The zero-order valence-corrected chi connectivity index (χ0v) is 19.1. The summed E-state index contributed by atoms with van der Waals surface area (Å²) in [6.07, 6.45) is 3.70. The number of nitro groups is 1. The van der Waals surface area contributed by atoms with Crippen LogP contribution in [0.5, 0.6) is 0 Å². The van der Waals surface area contributed by atoms with E-state index in [1.807, 2.05) is 0 Å². The third-order valence-electron chi connectivity index (χ3n) is 4.53. The molecule has 0 aliphatic heterocycles. The molecule has 2 aromatic rings. The molecule has 1 aromatic heterocycles. The summed E-state index contributed by atoms with van der Waals surface area (Å²) in [6, 6.07) is 8.71. The van der Waals surface area contributed by atoms with Crippen molar-refractivity contribution in [3.63, 3.8) is 0 Å². The van der Waals surface area contributed by atoms with E-state index in [-0.39, 0.29) is 35.1 Å². The fourth-order valence-electron chi connectivity index (χ4n) is 2.68. The molecule has 0 amide bonds. The fraction of sp³-hybridized carbons (Fsp3) is 0.474. The number of nitrogens with zero attached hydrogens (tertiary/aromatic N) is 4. The first-order valence-electron chi connectivity index (χ1n) is 9.06. The molecule has 0 saturated heterocycles. The quantitative estimate of drug-likeness (QED) is 0.191. The molecule has 0 atom stereocenters. The van der Waals surface area contributed by atoms with Crippen LogP contribution in [0.1, 0.15) is 31.9 Å². The van der Waals surface area contributed by atoms with Crippen LogP contribution >= 0.6 is 24.0 Å². The largest absolute Gasteiger partial charge is 0.356 e. The second-order valence-electron chi connectivity index (χ2n) is 7.01. The van der Waals surface area contributed by atoms with Gasteiger partial charge in [0.1, 0.15) is 12.4 Å². The number of aliphatic imine (C=N–C) groups is 1. The van der Waals surface area contributed by atoms with Crippen LogP contribution in [0.15, 0.2) is 41.7 Å². The highest BCUT2D eigenvalue weighted by Gasteiger charge is 2.20. The summed E-state index contributed by atoms with van der Waals surface area (Å²) < 4.78 is 1.54. The smallest absolute Gasteiger partial charge is 0.306 e. The van der Waals surface area contributed by atoms with Gasteiger partial charge in [0.05, 0.1) is 11.5 Å². The molecule has 0 aliphatic rings. The Balaban J connectivity index is 0.00000392.